The van der Waals surface area contributed by atoms with Gasteiger partial charge >= 0.3 is 5.97 Å². The smallest absolute Gasteiger partial charge is 0.337 e. The first kappa shape index (κ1) is 17.4. The molecule has 1 N–H and O–H groups in total. The van der Waals surface area contributed by atoms with Crippen LogP contribution in [0.3, 0.4) is 0 Å². The number of rotatable bonds is 5. The molecule has 0 fully saturated rings. The zero-order valence-corrected chi connectivity index (χ0v) is 12.9. The van der Waals surface area contributed by atoms with E-state index < -0.39 is 17.8 Å². The molecule has 0 bridgehead atoms. The molecule has 22 heavy (non-hydrogen) atoms. The van der Waals surface area contributed by atoms with Crippen LogP contribution in [0.5, 0.6) is 0 Å². The fourth-order valence-electron chi connectivity index (χ4n) is 1.47. The van der Waals surface area contributed by atoms with E-state index in [1.54, 1.807) is 12.1 Å². The van der Waals surface area contributed by atoms with E-state index >= 15 is 0 Å². The zero-order valence-electron chi connectivity index (χ0n) is 12.9. The maximum atomic E-state index is 12.0. The maximum Gasteiger partial charge on any atom is 0.337 e. The Kier molecular flexibility index (Phi) is 6.27. The Balaban J connectivity index is 2.74. The second kappa shape index (κ2) is 7.94. The normalized spacial score (nSPS) is 10.8. The molecule has 2 amide bonds. The third-order valence-corrected chi connectivity index (χ3v) is 2.85. The highest BCUT2D eigenvalue weighted by Gasteiger charge is 2.11. The molecule has 0 heterocycles. The molecule has 0 unspecified atom stereocenters. The lowest BCUT2D eigenvalue weighted by Gasteiger charge is -2.11. The van der Waals surface area contributed by atoms with Gasteiger partial charge in [0.2, 0.25) is 0 Å². The highest BCUT2D eigenvalue weighted by atomic mass is 16.7. The standard InChI is InChI=1S/C15H18N2O5/c1-10(9-13(18)17(2)22-4)14(19)16-12-7-5-11(6-8-12)15(20)21-3/h5-9H,1-4H3,(H,16,19)/b10-9+. The largest absolute Gasteiger partial charge is 0.465 e. The van der Waals surface area contributed by atoms with Crippen LogP contribution < -0.4 is 5.32 Å². The number of methoxy groups -OCH3 is 1. The van der Waals surface area contributed by atoms with Crippen LogP contribution in [0.15, 0.2) is 35.9 Å². The third-order valence-electron chi connectivity index (χ3n) is 2.85. The van der Waals surface area contributed by atoms with E-state index in [2.05, 4.69) is 10.1 Å². The number of carbonyl (C=O) groups excluding carboxylic acids is 3. The van der Waals surface area contributed by atoms with E-state index in [-0.39, 0.29) is 5.57 Å². The van der Waals surface area contributed by atoms with E-state index in [1.807, 2.05) is 0 Å². The van der Waals surface area contributed by atoms with E-state index in [4.69, 9.17) is 4.84 Å². The van der Waals surface area contributed by atoms with Crippen molar-refractivity contribution in [3.8, 4) is 0 Å². The fourth-order valence-corrected chi connectivity index (χ4v) is 1.47. The number of nitrogens with zero attached hydrogens (tertiary/aromatic N) is 1. The molecule has 1 rings (SSSR count). The number of benzene rings is 1. The maximum absolute atomic E-state index is 12.0. The predicted octanol–water partition coefficient (Wildman–Crippen LogP) is 1.38. The zero-order chi connectivity index (χ0) is 16.7. The summed E-state index contributed by atoms with van der Waals surface area (Å²) >= 11 is 0. The summed E-state index contributed by atoms with van der Waals surface area (Å²) in [6.07, 6.45) is 1.17. The molecule has 0 saturated carbocycles. The van der Waals surface area contributed by atoms with Gasteiger partial charge in [-0.05, 0) is 31.2 Å². The average Bonchev–Trinajstić information content (AvgIpc) is 2.53. The number of nitrogens with one attached hydrogen (secondary N) is 1. The molecule has 1 aromatic rings. The van der Waals surface area contributed by atoms with E-state index in [0.29, 0.717) is 11.3 Å². The van der Waals surface area contributed by atoms with Crippen LogP contribution in [0.1, 0.15) is 17.3 Å². The summed E-state index contributed by atoms with van der Waals surface area (Å²) in [5.41, 5.74) is 1.11. The fraction of sp³-hybridized carbons (Fsp3) is 0.267. The molecule has 7 nitrogen and oxygen atoms in total. The van der Waals surface area contributed by atoms with E-state index in [0.717, 1.165) is 5.06 Å². The van der Waals surface area contributed by atoms with Crippen molar-refractivity contribution >= 4 is 23.5 Å². The summed E-state index contributed by atoms with van der Waals surface area (Å²) in [5.74, 6) is -1.33. The van der Waals surface area contributed by atoms with Crippen molar-refractivity contribution in [2.45, 2.75) is 6.92 Å². The topological polar surface area (TPSA) is 84.9 Å². The minimum Gasteiger partial charge on any atom is -0.465 e. The Morgan fingerprint density at radius 3 is 2.23 bits per heavy atom. The van der Waals surface area contributed by atoms with Crippen LogP contribution in [-0.4, -0.2) is 44.1 Å². The van der Waals surface area contributed by atoms with Crippen molar-refractivity contribution in [2.24, 2.45) is 0 Å². The number of carbonyl (C=O) groups is 3. The highest BCUT2D eigenvalue weighted by Crippen LogP contribution is 2.11. The molecule has 0 saturated heterocycles. The second-order valence-corrected chi connectivity index (χ2v) is 4.37. The number of hydrogen-bond donors (Lipinski definition) is 1. The molecular formula is C15H18N2O5. The molecule has 118 valence electrons. The number of esters is 1. The molecule has 0 radical (unpaired) electrons. The van der Waals surface area contributed by atoms with E-state index in [9.17, 15) is 14.4 Å². The first-order chi connectivity index (χ1) is 10.4. The van der Waals surface area contributed by atoms with Gasteiger partial charge in [0.25, 0.3) is 11.8 Å². The Hall–Kier alpha value is -2.67. The third kappa shape index (κ3) is 4.71. The summed E-state index contributed by atoms with van der Waals surface area (Å²) in [7, 11) is 4.08. The average molecular weight is 306 g/mol. The number of likely N-dealkylation sites (N-methyl/N-ethyl adjacent to an activating group) is 1. The summed E-state index contributed by atoms with van der Waals surface area (Å²) in [6.45, 7) is 1.51. The van der Waals surface area contributed by atoms with Crippen molar-refractivity contribution in [1.82, 2.24) is 5.06 Å². The molecule has 1 aromatic carbocycles. The van der Waals surface area contributed by atoms with Gasteiger partial charge in [-0.25, -0.2) is 9.86 Å². The summed E-state index contributed by atoms with van der Waals surface area (Å²) in [4.78, 5) is 39.6. The van der Waals surface area contributed by atoms with Crippen molar-refractivity contribution in [3.63, 3.8) is 0 Å². The van der Waals surface area contributed by atoms with Crippen molar-refractivity contribution < 1.29 is 24.0 Å². The number of anilines is 1. The van der Waals surface area contributed by atoms with Gasteiger partial charge in [0, 0.05) is 24.4 Å². The molecular weight excluding hydrogens is 288 g/mol. The molecule has 0 aliphatic heterocycles. The van der Waals surface area contributed by atoms with Gasteiger partial charge in [-0.3, -0.25) is 14.4 Å². The minimum atomic E-state index is -0.456. The van der Waals surface area contributed by atoms with Crippen molar-refractivity contribution in [2.75, 3.05) is 26.6 Å². The monoisotopic (exact) mass is 306 g/mol. The lowest BCUT2D eigenvalue weighted by atomic mass is 10.2. The van der Waals surface area contributed by atoms with Crippen LogP contribution in [0.25, 0.3) is 0 Å². The van der Waals surface area contributed by atoms with Gasteiger partial charge in [0.15, 0.2) is 0 Å². The van der Waals surface area contributed by atoms with Crippen LogP contribution in [-0.2, 0) is 19.2 Å². The Morgan fingerprint density at radius 1 is 1.14 bits per heavy atom. The van der Waals surface area contributed by atoms with Crippen LogP contribution in [0.4, 0.5) is 5.69 Å². The molecule has 0 aromatic heterocycles. The van der Waals surface area contributed by atoms with E-state index in [1.165, 1.54) is 46.4 Å². The van der Waals surface area contributed by atoms with Gasteiger partial charge in [0.1, 0.15) is 0 Å². The summed E-state index contributed by atoms with van der Waals surface area (Å²) in [5, 5.41) is 3.62. The number of ether oxygens (including phenoxy) is 1. The van der Waals surface area contributed by atoms with Crippen LogP contribution in [0.2, 0.25) is 0 Å². The van der Waals surface area contributed by atoms with Gasteiger partial charge in [-0.1, -0.05) is 0 Å². The summed E-state index contributed by atoms with van der Waals surface area (Å²) < 4.78 is 4.58. The Morgan fingerprint density at radius 2 is 1.73 bits per heavy atom. The van der Waals surface area contributed by atoms with Crippen LogP contribution in [0, 0.1) is 0 Å². The highest BCUT2D eigenvalue weighted by molar-refractivity contribution is 6.07. The Bertz CT molecular complexity index is 592. The second-order valence-electron chi connectivity index (χ2n) is 4.37. The lowest BCUT2D eigenvalue weighted by molar-refractivity contribution is -0.162. The summed E-state index contributed by atoms with van der Waals surface area (Å²) in [6, 6.07) is 6.20. The molecule has 0 aliphatic rings. The SMILES string of the molecule is COC(=O)c1ccc(NC(=O)/C(C)=C/C(=O)N(C)OC)cc1. The first-order valence-electron chi connectivity index (χ1n) is 6.39. The molecule has 0 aliphatic carbocycles. The van der Waals surface area contributed by atoms with Crippen molar-refractivity contribution in [3.05, 3.63) is 41.5 Å². The number of hydroxylamine groups is 2. The van der Waals surface area contributed by atoms with Gasteiger partial charge in [-0.2, -0.15) is 0 Å². The molecule has 0 spiro atoms. The number of amides is 2. The molecule has 7 heteroatoms. The lowest BCUT2D eigenvalue weighted by Crippen LogP contribution is -2.24. The molecule has 0 atom stereocenters. The van der Waals surface area contributed by atoms with Gasteiger partial charge in [0.05, 0.1) is 19.8 Å². The van der Waals surface area contributed by atoms with Gasteiger partial charge < -0.3 is 10.1 Å². The van der Waals surface area contributed by atoms with Crippen LogP contribution >= 0.6 is 0 Å². The number of hydrogen-bond acceptors (Lipinski definition) is 5. The van der Waals surface area contributed by atoms with Crippen molar-refractivity contribution in [1.29, 1.82) is 0 Å². The quantitative estimate of drug-likeness (QED) is 0.504. The minimum absolute atomic E-state index is 0.228. The Labute approximate surface area is 128 Å². The van der Waals surface area contributed by atoms with Gasteiger partial charge in [-0.15, -0.1) is 0 Å². The predicted molar refractivity (Wildman–Crippen MR) is 79.9 cm³/mol. The first-order valence-corrected chi connectivity index (χ1v) is 6.39.